The Kier molecular flexibility index (Phi) is 3.20. The van der Waals surface area contributed by atoms with Gasteiger partial charge >= 0.3 is 0 Å². The van der Waals surface area contributed by atoms with Crippen molar-refractivity contribution in [3.05, 3.63) is 29.6 Å². The van der Waals surface area contributed by atoms with Crippen molar-refractivity contribution in [2.45, 2.75) is 39.7 Å². The normalized spacial score (nSPS) is 12.2. The van der Waals surface area contributed by atoms with Crippen molar-refractivity contribution in [1.29, 1.82) is 0 Å². The van der Waals surface area contributed by atoms with Gasteiger partial charge in [-0.05, 0) is 57.9 Å². The zero-order valence-corrected chi connectivity index (χ0v) is 11.1. The lowest BCUT2D eigenvalue weighted by Crippen LogP contribution is -2.37. The number of H-pyrrole nitrogens is 1. The number of imidazole rings is 1. The zero-order chi connectivity index (χ0) is 12.5. The number of aromatic nitrogens is 2. The molecule has 0 saturated heterocycles. The Balaban J connectivity index is 2.09. The molecule has 0 atom stereocenters. The van der Waals surface area contributed by atoms with E-state index in [2.05, 4.69) is 55.1 Å². The second-order valence-electron chi connectivity index (χ2n) is 5.64. The maximum absolute atomic E-state index is 4.32. The maximum atomic E-state index is 4.32. The van der Waals surface area contributed by atoms with Crippen molar-refractivity contribution in [1.82, 2.24) is 15.3 Å². The third kappa shape index (κ3) is 3.07. The van der Waals surface area contributed by atoms with Crippen molar-refractivity contribution in [3.8, 4) is 0 Å². The van der Waals surface area contributed by atoms with E-state index in [4.69, 9.17) is 0 Å². The van der Waals surface area contributed by atoms with E-state index in [0.29, 0.717) is 0 Å². The summed E-state index contributed by atoms with van der Waals surface area (Å²) in [6, 6.07) is 4.41. The van der Waals surface area contributed by atoms with E-state index < -0.39 is 0 Å². The lowest BCUT2D eigenvalue weighted by molar-refractivity contribution is 0.429. The summed E-state index contributed by atoms with van der Waals surface area (Å²) in [7, 11) is 0. The Hall–Kier alpha value is -1.35. The van der Waals surface area contributed by atoms with Gasteiger partial charge in [-0.25, -0.2) is 4.98 Å². The molecule has 1 aromatic heterocycles. The van der Waals surface area contributed by atoms with Crippen LogP contribution >= 0.6 is 0 Å². The molecular weight excluding hydrogens is 210 g/mol. The Morgan fingerprint density at radius 3 is 2.76 bits per heavy atom. The molecule has 0 fully saturated rings. The van der Waals surface area contributed by atoms with Crippen LogP contribution < -0.4 is 5.32 Å². The molecule has 0 aliphatic carbocycles. The molecule has 0 spiro atoms. The second kappa shape index (κ2) is 4.49. The third-order valence-corrected chi connectivity index (χ3v) is 2.86. The van der Waals surface area contributed by atoms with Crippen LogP contribution in [-0.2, 0) is 6.42 Å². The first-order valence-electron chi connectivity index (χ1n) is 6.13. The van der Waals surface area contributed by atoms with Crippen LogP contribution in [0.25, 0.3) is 11.0 Å². The van der Waals surface area contributed by atoms with E-state index >= 15 is 0 Å². The minimum absolute atomic E-state index is 0.186. The molecule has 0 aliphatic rings. The summed E-state index contributed by atoms with van der Waals surface area (Å²) in [5.41, 5.74) is 5.02. The smallest absolute Gasteiger partial charge is 0.0931 e. The van der Waals surface area contributed by atoms with E-state index in [0.717, 1.165) is 24.0 Å². The highest BCUT2D eigenvalue weighted by Crippen LogP contribution is 2.17. The highest BCUT2D eigenvalue weighted by atomic mass is 14.9. The van der Waals surface area contributed by atoms with Crippen LogP contribution in [-0.4, -0.2) is 22.1 Å². The first-order chi connectivity index (χ1) is 7.96. The summed E-state index contributed by atoms with van der Waals surface area (Å²) in [6.07, 6.45) is 2.80. The van der Waals surface area contributed by atoms with Crippen LogP contribution in [0.15, 0.2) is 18.5 Å². The Morgan fingerprint density at radius 2 is 2.06 bits per heavy atom. The molecule has 2 N–H and O–H groups in total. The molecule has 1 heterocycles. The van der Waals surface area contributed by atoms with Gasteiger partial charge in [-0.1, -0.05) is 6.07 Å². The van der Waals surface area contributed by atoms with Crippen LogP contribution in [0.5, 0.6) is 0 Å². The van der Waals surface area contributed by atoms with Crippen molar-refractivity contribution in [2.75, 3.05) is 6.54 Å². The SMILES string of the molecule is Cc1cc(CCNC(C)(C)C)cc2nc[nH]c12. The number of hydrogen-bond donors (Lipinski definition) is 2. The number of hydrogen-bond acceptors (Lipinski definition) is 2. The van der Waals surface area contributed by atoms with Gasteiger partial charge in [0.2, 0.25) is 0 Å². The van der Waals surface area contributed by atoms with Crippen LogP contribution in [0, 0.1) is 6.92 Å². The van der Waals surface area contributed by atoms with Crippen molar-refractivity contribution >= 4 is 11.0 Å². The minimum atomic E-state index is 0.186. The van der Waals surface area contributed by atoms with Gasteiger partial charge in [0.25, 0.3) is 0 Å². The van der Waals surface area contributed by atoms with E-state index in [1.165, 1.54) is 11.1 Å². The van der Waals surface area contributed by atoms with Crippen molar-refractivity contribution in [3.63, 3.8) is 0 Å². The summed E-state index contributed by atoms with van der Waals surface area (Å²) in [4.78, 5) is 7.49. The molecule has 17 heavy (non-hydrogen) atoms. The van der Waals surface area contributed by atoms with Gasteiger partial charge in [-0.2, -0.15) is 0 Å². The molecule has 1 aromatic carbocycles. The summed E-state index contributed by atoms with van der Waals surface area (Å²) in [5.74, 6) is 0. The van der Waals surface area contributed by atoms with Gasteiger partial charge in [0.15, 0.2) is 0 Å². The van der Waals surface area contributed by atoms with Crippen LogP contribution in [0.3, 0.4) is 0 Å². The fourth-order valence-corrected chi connectivity index (χ4v) is 2.02. The Labute approximate surface area is 103 Å². The Bertz CT molecular complexity index is 506. The van der Waals surface area contributed by atoms with Gasteiger partial charge in [0.05, 0.1) is 17.4 Å². The molecule has 0 unspecified atom stereocenters. The largest absolute Gasteiger partial charge is 0.344 e. The number of aromatic amines is 1. The lowest BCUT2D eigenvalue weighted by atomic mass is 10.1. The number of rotatable bonds is 3. The van der Waals surface area contributed by atoms with Crippen molar-refractivity contribution in [2.24, 2.45) is 0 Å². The van der Waals surface area contributed by atoms with Gasteiger partial charge in [0, 0.05) is 5.54 Å². The van der Waals surface area contributed by atoms with E-state index in [9.17, 15) is 0 Å². The first kappa shape index (κ1) is 12.1. The number of fused-ring (bicyclic) bond motifs is 1. The summed E-state index contributed by atoms with van der Waals surface area (Å²) in [6.45, 7) is 9.69. The molecule has 0 bridgehead atoms. The number of nitrogens with zero attached hydrogens (tertiary/aromatic N) is 1. The van der Waals surface area contributed by atoms with Crippen LogP contribution in [0.1, 0.15) is 31.9 Å². The molecule has 2 aromatic rings. The molecule has 0 saturated carbocycles. The predicted molar refractivity (Wildman–Crippen MR) is 72.3 cm³/mol. The summed E-state index contributed by atoms with van der Waals surface area (Å²) in [5, 5.41) is 3.50. The summed E-state index contributed by atoms with van der Waals surface area (Å²) < 4.78 is 0. The standard InChI is InChI=1S/C14H21N3/c1-10-7-11(5-6-17-14(2,3)4)8-12-13(10)16-9-15-12/h7-9,17H,5-6H2,1-4H3,(H,15,16). The first-order valence-corrected chi connectivity index (χ1v) is 6.13. The third-order valence-electron chi connectivity index (χ3n) is 2.86. The molecule has 0 radical (unpaired) electrons. The molecular formula is C14H21N3. The minimum Gasteiger partial charge on any atom is -0.344 e. The average molecular weight is 231 g/mol. The van der Waals surface area contributed by atoms with Gasteiger partial charge in [0.1, 0.15) is 0 Å². The molecule has 92 valence electrons. The lowest BCUT2D eigenvalue weighted by Gasteiger charge is -2.20. The van der Waals surface area contributed by atoms with Crippen molar-refractivity contribution < 1.29 is 0 Å². The molecule has 0 aliphatic heterocycles. The van der Waals surface area contributed by atoms with Gasteiger partial charge in [-0.15, -0.1) is 0 Å². The highest BCUT2D eigenvalue weighted by Gasteiger charge is 2.08. The fourth-order valence-electron chi connectivity index (χ4n) is 2.02. The van der Waals surface area contributed by atoms with E-state index in [1.54, 1.807) is 6.33 Å². The monoisotopic (exact) mass is 231 g/mol. The second-order valence-corrected chi connectivity index (χ2v) is 5.64. The highest BCUT2D eigenvalue weighted by molar-refractivity contribution is 5.78. The predicted octanol–water partition coefficient (Wildman–Crippen LogP) is 2.80. The van der Waals surface area contributed by atoms with Gasteiger partial charge < -0.3 is 10.3 Å². The van der Waals surface area contributed by atoms with E-state index in [-0.39, 0.29) is 5.54 Å². The fraction of sp³-hybridized carbons (Fsp3) is 0.500. The van der Waals surface area contributed by atoms with Crippen LogP contribution in [0.4, 0.5) is 0 Å². The number of benzene rings is 1. The zero-order valence-electron chi connectivity index (χ0n) is 11.1. The number of nitrogens with one attached hydrogen (secondary N) is 2. The van der Waals surface area contributed by atoms with Gasteiger partial charge in [-0.3, -0.25) is 0 Å². The molecule has 0 amide bonds. The van der Waals surface area contributed by atoms with Crippen LogP contribution in [0.2, 0.25) is 0 Å². The molecule has 3 heteroatoms. The molecule has 2 rings (SSSR count). The quantitative estimate of drug-likeness (QED) is 0.852. The number of aryl methyl sites for hydroxylation is 1. The summed E-state index contributed by atoms with van der Waals surface area (Å²) >= 11 is 0. The Morgan fingerprint density at radius 1 is 1.29 bits per heavy atom. The average Bonchev–Trinajstić information content (AvgIpc) is 2.64. The molecule has 3 nitrogen and oxygen atoms in total. The maximum Gasteiger partial charge on any atom is 0.0931 e. The topological polar surface area (TPSA) is 40.7 Å². The van der Waals surface area contributed by atoms with E-state index in [1.807, 2.05) is 0 Å².